The molecule has 2 aliphatic rings. The molecule has 0 bridgehead atoms. The van der Waals surface area contributed by atoms with Crippen molar-refractivity contribution in [2.75, 3.05) is 6.54 Å². The van der Waals surface area contributed by atoms with E-state index in [1.54, 1.807) is 0 Å². The number of amides is 1. The summed E-state index contributed by atoms with van der Waals surface area (Å²) < 4.78 is 0. The molecule has 3 rings (SSSR count). The molecular weight excluding hydrogens is 298 g/mol. The van der Waals surface area contributed by atoms with E-state index in [2.05, 4.69) is 47.5 Å². The monoisotopic (exact) mass is 329 g/mol. The minimum atomic E-state index is 0.200. The highest BCUT2D eigenvalue weighted by atomic mass is 16.1. The van der Waals surface area contributed by atoms with Crippen molar-refractivity contribution in [2.45, 2.75) is 70.1 Å². The Balaban J connectivity index is 1.44. The van der Waals surface area contributed by atoms with E-state index in [4.69, 9.17) is 5.73 Å². The van der Waals surface area contributed by atoms with E-state index in [0.717, 1.165) is 38.8 Å². The second kappa shape index (κ2) is 8.13. The average molecular weight is 329 g/mol. The van der Waals surface area contributed by atoms with Crippen LogP contribution in [0.5, 0.6) is 0 Å². The lowest BCUT2D eigenvalue weighted by atomic mass is 9.96. The molecule has 1 aliphatic heterocycles. The van der Waals surface area contributed by atoms with E-state index >= 15 is 0 Å². The minimum absolute atomic E-state index is 0.200. The van der Waals surface area contributed by atoms with Crippen LogP contribution in [0.1, 0.15) is 51.0 Å². The topological polar surface area (TPSA) is 58.4 Å². The number of rotatable bonds is 5. The molecule has 2 fully saturated rings. The van der Waals surface area contributed by atoms with Gasteiger partial charge in [-0.1, -0.05) is 36.8 Å². The number of nitrogens with zero attached hydrogens (tertiary/aromatic N) is 1. The zero-order valence-electron chi connectivity index (χ0n) is 14.8. The summed E-state index contributed by atoms with van der Waals surface area (Å²) in [4.78, 5) is 14.8. The van der Waals surface area contributed by atoms with Gasteiger partial charge < -0.3 is 11.1 Å². The zero-order chi connectivity index (χ0) is 16.9. The first-order valence-corrected chi connectivity index (χ1v) is 9.44. The number of nitrogens with two attached hydrogens (primary N) is 1. The van der Waals surface area contributed by atoms with Crippen molar-refractivity contribution in [1.29, 1.82) is 0 Å². The van der Waals surface area contributed by atoms with Crippen LogP contribution in [0.25, 0.3) is 0 Å². The van der Waals surface area contributed by atoms with Crippen LogP contribution in [0.4, 0.5) is 0 Å². The number of hydrogen-bond donors (Lipinski definition) is 2. The Labute approximate surface area is 145 Å². The number of carbonyl (C=O) groups is 1. The fourth-order valence-electron chi connectivity index (χ4n) is 4.25. The van der Waals surface area contributed by atoms with Crippen LogP contribution in [0.2, 0.25) is 0 Å². The van der Waals surface area contributed by atoms with Gasteiger partial charge in [-0.15, -0.1) is 0 Å². The summed E-state index contributed by atoms with van der Waals surface area (Å²) in [6, 6.07) is 11.7. The molecule has 24 heavy (non-hydrogen) atoms. The van der Waals surface area contributed by atoms with Crippen molar-refractivity contribution < 1.29 is 4.79 Å². The van der Waals surface area contributed by atoms with E-state index in [1.165, 1.54) is 12.0 Å². The standard InChI is InChI=1S/C20H31N3O/c1-15-12-18(22-20(24)13-17-8-5-9-19(17)21)10-11-23(15)14-16-6-3-2-4-7-16/h2-4,6-7,15,17-19H,5,8-14,21H2,1H3,(H,22,24)/t15?,17-,18?,19+/m0/s1. The van der Waals surface area contributed by atoms with Crippen LogP contribution >= 0.6 is 0 Å². The summed E-state index contributed by atoms with van der Waals surface area (Å²) in [5, 5.41) is 3.26. The van der Waals surface area contributed by atoms with Crippen LogP contribution in [-0.4, -0.2) is 35.5 Å². The van der Waals surface area contributed by atoms with Crippen molar-refractivity contribution in [1.82, 2.24) is 10.2 Å². The Hall–Kier alpha value is -1.39. The van der Waals surface area contributed by atoms with Gasteiger partial charge in [0.25, 0.3) is 0 Å². The Kier molecular flexibility index (Phi) is 5.90. The molecule has 1 heterocycles. The number of likely N-dealkylation sites (tertiary alicyclic amines) is 1. The molecule has 1 aliphatic carbocycles. The van der Waals surface area contributed by atoms with Gasteiger partial charge in [0, 0.05) is 37.6 Å². The molecule has 3 N–H and O–H groups in total. The van der Waals surface area contributed by atoms with Crippen LogP contribution in [-0.2, 0) is 11.3 Å². The van der Waals surface area contributed by atoms with Gasteiger partial charge in [0.1, 0.15) is 0 Å². The fourth-order valence-corrected chi connectivity index (χ4v) is 4.25. The summed E-state index contributed by atoms with van der Waals surface area (Å²) in [7, 11) is 0. The van der Waals surface area contributed by atoms with Crippen molar-refractivity contribution in [3.63, 3.8) is 0 Å². The van der Waals surface area contributed by atoms with Gasteiger partial charge in [-0.05, 0) is 44.1 Å². The molecule has 1 aromatic rings. The van der Waals surface area contributed by atoms with Gasteiger partial charge in [-0.3, -0.25) is 9.69 Å². The van der Waals surface area contributed by atoms with E-state index in [0.29, 0.717) is 24.4 Å². The maximum absolute atomic E-state index is 12.3. The SMILES string of the molecule is CC1CC(NC(=O)C[C@@H]2CCC[C@H]2N)CCN1Cc1ccccc1. The number of benzene rings is 1. The van der Waals surface area contributed by atoms with Gasteiger partial charge >= 0.3 is 0 Å². The highest BCUT2D eigenvalue weighted by Gasteiger charge is 2.29. The molecule has 4 atom stereocenters. The van der Waals surface area contributed by atoms with E-state index in [9.17, 15) is 4.79 Å². The number of hydrogen-bond acceptors (Lipinski definition) is 3. The number of piperidine rings is 1. The summed E-state index contributed by atoms with van der Waals surface area (Å²) in [6.45, 7) is 4.32. The Morgan fingerprint density at radius 2 is 2.04 bits per heavy atom. The molecule has 1 saturated heterocycles. The van der Waals surface area contributed by atoms with Crippen molar-refractivity contribution >= 4 is 5.91 Å². The Morgan fingerprint density at radius 1 is 1.25 bits per heavy atom. The molecule has 132 valence electrons. The molecule has 4 heteroatoms. The van der Waals surface area contributed by atoms with Crippen molar-refractivity contribution in [3.05, 3.63) is 35.9 Å². The van der Waals surface area contributed by atoms with Gasteiger partial charge in [-0.2, -0.15) is 0 Å². The lowest BCUT2D eigenvalue weighted by molar-refractivity contribution is -0.123. The Morgan fingerprint density at radius 3 is 2.71 bits per heavy atom. The molecular formula is C20H31N3O. The smallest absolute Gasteiger partial charge is 0.220 e. The van der Waals surface area contributed by atoms with E-state index in [-0.39, 0.29) is 11.9 Å². The molecule has 1 aromatic carbocycles. The second-order valence-corrected chi connectivity index (χ2v) is 7.65. The molecule has 1 amide bonds. The fraction of sp³-hybridized carbons (Fsp3) is 0.650. The van der Waals surface area contributed by atoms with E-state index < -0.39 is 0 Å². The quantitative estimate of drug-likeness (QED) is 0.873. The summed E-state index contributed by atoms with van der Waals surface area (Å²) in [6.07, 6.45) is 6.05. The number of carbonyl (C=O) groups excluding carboxylic acids is 1. The first kappa shape index (κ1) is 17.4. The van der Waals surface area contributed by atoms with Gasteiger partial charge in [0.15, 0.2) is 0 Å². The highest BCUT2D eigenvalue weighted by Crippen LogP contribution is 2.27. The predicted molar refractivity (Wildman–Crippen MR) is 97.4 cm³/mol. The first-order valence-electron chi connectivity index (χ1n) is 9.44. The van der Waals surface area contributed by atoms with Gasteiger partial charge in [0.05, 0.1) is 0 Å². The van der Waals surface area contributed by atoms with Gasteiger partial charge in [0.2, 0.25) is 5.91 Å². The lowest BCUT2D eigenvalue weighted by Gasteiger charge is -2.38. The van der Waals surface area contributed by atoms with Crippen LogP contribution < -0.4 is 11.1 Å². The molecule has 0 spiro atoms. The normalized spacial score (nSPS) is 31.1. The summed E-state index contributed by atoms with van der Waals surface area (Å²) >= 11 is 0. The van der Waals surface area contributed by atoms with Crippen LogP contribution in [0, 0.1) is 5.92 Å². The molecule has 1 saturated carbocycles. The second-order valence-electron chi connectivity index (χ2n) is 7.65. The predicted octanol–water partition coefficient (Wildman–Crippen LogP) is 2.67. The lowest BCUT2D eigenvalue weighted by Crippen LogP contribution is -2.48. The summed E-state index contributed by atoms with van der Waals surface area (Å²) in [5.41, 5.74) is 7.45. The molecule has 4 nitrogen and oxygen atoms in total. The van der Waals surface area contributed by atoms with E-state index in [1.807, 2.05) is 0 Å². The largest absolute Gasteiger partial charge is 0.353 e. The Bertz CT molecular complexity index is 533. The minimum Gasteiger partial charge on any atom is -0.353 e. The van der Waals surface area contributed by atoms with Gasteiger partial charge in [-0.25, -0.2) is 0 Å². The maximum atomic E-state index is 12.3. The first-order chi connectivity index (χ1) is 11.6. The third-order valence-corrected chi connectivity index (χ3v) is 5.77. The highest BCUT2D eigenvalue weighted by molar-refractivity contribution is 5.76. The third-order valence-electron chi connectivity index (χ3n) is 5.77. The van der Waals surface area contributed by atoms with Crippen LogP contribution in [0.15, 0.2) is 30.3 Å². The third kappa shape index (κ3) is 4.58. The molecule has 2 unspecified atom stereocenters. The number of nitrogens with one attached hydrogen (secondary N) is 1. The van der Waals surface area contributed by atoms with Crippen molar-refractivity contribution in [3.8, 4) is 0 Å². The zero-order valence-corrected chi connectivity index (χ0v) is 14.8. The average Bonchev–Trinajstić information content (AvgIpc) is 2.96. The van der Waals surface area contributed by atoms with Crippen LogP contribution in [0.3, 0.4) is 0 Å². The van der Waals surface area contributed by atoms with Crippen molar-refractivity contribution in [2.24, 2.45) is 11.7 Å². The molecule has 0 aromatic heterocycles. The summed E-state index contributed by atoms with van der Waals surface area (Å²) in [5.74, 6) is 0.589. The molecule has 0 radical (unpaired) electrons. The maximum Gasteiger partial charge on any atom is 0.220 e.